The number of benzene rings is 2. The van der Waals surface area contributed by atoms with Crippen LogP contribution in [0.1, 0.15) is 70.3 Å². The minimum absolute atomic E-state index is 0.129. The van der Waals surface area contributed by atoms with Crippen molar-refractivity contribution in [1.29, 1.82) is 0 Å². The number of anilines is 3. The molecule has 2 aromatic carbocycles. The van der Waals surface area contributed by atoms with Crippen LogP contribution in [0.25, 0.3) is 0 Å². The molecule has 3 fully saturated rings. The number of likely N-dealkylation sites (tertiary alicyclic amines) is 1. The van der Waals surface area contributed by atoms with Gasteiger partial charge in [-0.1, -0.05) is 18.2 Å². The average molecular weight is 589 g/mol. The van der Waals surface area contributed by atoms with Crippen LogP contribution in [-0.4, -0.2) is 73.4 Å². The summed E-state index contributed by atoms with van der Waals surface area (Å²) < 4.78 is 21.0. The third-order valence-corrected chi connectivity index (χ3v) is 8.40. The second kappa shape index (κ2) is 12.4. The largest absolute Gasteiger partial charge is 0.448 e. The highest BCUT2D eigenvalue weighted by molar-refractivity contribution is 6.06. The smallest absolute Gasteiger partial charge is 0.277 e. The summed E-state index contributed by atoms with van der Waals surface area (Å²) in [6, 6.07) is 10.9. The van der Waals surface area contributed by atoms with E-state index in [2.05, 4.69) is 39.6 Å². The Balaban J connectivity index is 1.18. The fraction of sp³-hybridized carbons (Fsp3) is 0.438. The lowest BCUT2D eigenvalue weighted by Gasteiger charge is -2.38. The first-order valence-electron chi connectivity index (χ1n) is 15.1. The molecule has 226 valence electrons. The highest BCUT2D eigenvalue weighted by atomic mass is 19.1. The van der Waals surface area contributed by atoms with Gasteiger partial charge in [-0.15, -0.1) is 0 Å². The lowest BCUT2D eigenvalue weighted by molar-refractivity contribution is -0.127. The van der Waals surface area contributed by atoms with Crippen molar-refractivity contribution in [3.05, 3.63) is 71.2 Å². The van der Waals surface area contributed by atoms with Crippen LogP contribution in [0.3, 0.4) is 0 Å². The zero-order valence-corrected chi connectivity index (χ0v) is 24.4. The summed E-state index contributed by atoms with van der Waals surface area (Å²) in [4.78, 5) is 48.6. The van der Waals surface area contributed by atoms with Crippen molar-refractivity contribution in [2.45, 2.75) is 44.9 Å². The predicted octanol–water partition coefficient (Wildman–Crippen LogP) is 4.32. The zero-order valence-electron chi connectivity index (χ0n) is 24.4. The van der Waals surface area contributed by atoms with Crippen LogP contribution in [0.15, 0.2) is 47.1 Å². The van der Waals surface area contributed by atoms with Gasteiger partial charge in [-0.3, -0.25) is 14.4 Å². The summed E-state index contributed by atoms with van der Waals surface area (Å²) in [6.45, 7) is 6.32. The van der Waals surface area contributed by atoms with E-state index < -0.39 is 17.6 Å². The lowest BCUT2D eigenvalue weighted by Crippen LogP contribution is -2.47. The Morgan fingerprint density at radius 2 is 1.77 bits per heavy atom. The number of hydrogen-bond donors (Lipinski definition) is 2. The number of aromatic nitrogens is 1. The number of piperazine rings is 1. The second-order valence-corrected chi connectivity index (χ2v) is 11.5. The Bertz CT molecular complexity index is 1510. The molecule has 3 aromatic rings. The SMILES string of the molecule is Cc1ccccc1N1CCN(c2cc(F)c(C(=O)NCCCN3CCCC3=O)cc2NC(=O)c2coc(C3CC3)n2)CC1. The van der Waals surface area contributed by atoms with E-state index in [1.807, 2.05) is 17.0 Å². The second-order valence-electron chi connectivity index (χ2n) is 11.5. The first-order chi connectivity index (χ1) is 20.9. The Kier molecular flexibility index (Phi) is 8.31. The Labute approximate surface area is 250 Å². The number of carbonyl (C=O) groups excluding carboxylic acids is 3. The van der Waals surface area contributed by atoms with Gasteiger partial charge in [0.25, 0.3) is 11.8 Å². The van der Waals surface area contributed by atoms with E-state index in [-0.39, 0.29) is 23.1 Å². The minimum Gasteiger partial charge on any atom is -0.448 e. The molecule has 3 heterocycles. The minimum atomic E-state index is -0.668. The van der Waals surface area contributed by atoms with Gasteiger partial charge in [0.15, 0.2) is 11.6 Å². The fourth-order valence-electron chi connectivity index (χ4n) is 5.81. The average Bonchev–Trinajstić information content (AvgIpc) is 3.59. The molecular formula is C32H37FN6O4. The highest BCUT2D eigenvalue weighted by Gasteiger charge is 2.30. The summed E-state index contributed by atoms with van der Waals surface area (Å²) in [5.74, 6) is -0.792. The summed E-state index contributed by atoms with van der Waals surface area (Å²) in [6.07, 6.45) is 5.31. The van der Waals surface area contributed by atoms with Crippen molar-refractivity contribution >= 4 is 34.8 Å². The van der Waals surface area contributed by atoms with Crippen LogP contribution < -0.4 is 20.4 Å². The van der Waals surface area contributed by atoms with Crippen molar-refractivity contribution < 1.29 is 23.2 Å². The fourth-order valence-corrected chi connectivity index (χ4v) is 5.81. The molecule has 2 aliphatic heterocycles. The maximum atomic E-state index is 15.5. The molecule has 3 aliphatic rings. The summed E-state index contributed by atoms with van der Waals surface area (Å²) in [5.41, 5.74) is 3.18. The van der Waals surface area contributed by atoms with Gasteiger partial charge in [-0.25, -0.2) is 9.37 Å². The first kappa shape index (κ1) is 28.7. The molecule has 1 aliphatic carbocycles. The molecule has 0 bridgehead atoms. The third kappa shape index (κ3) is 6.50. The maximum absolute atomic E-state index is 15.5. The van der Waals surface area contributed by atoms with Crippen LogP contribution >= 0.6 is 0 Å². The van der Waals surface area contributed by atoms with Crippen LogP contribution in [-0.2, 0) is 4.79 Å². The van der Waals surface area contributed by atoms with Gasteiger partial charge in [0.1, 0.15) is 12.1 Å². The molecule has 0 radical (unpaired) electrons. The number of para-hydroxylation sites is 1. The maximum Gasteiger partial charge on any atom is 0.277 e. The molecule has 43 heavy (non-hydrogen) atoms. The topological polar surface area (TPSA) is 111 Å². The molecule has 6 rings (SSSR count). The number of amides is 3. The van der Waals surface area contributed by atoms with Crippen molar-refractivity contribution in [1.82, 2.24) is 15.2 Å². The van der Waals surface area contributed by atoms with Crippen LogP contribution in [0.5, 0.6) is 0 Å². The molecule has 1 saturated carbocycles. The monoisotopic (exact) mass is 588 g/mol. The van der Waals surface area contributed by atoms with Crippen molar-refractivity contribution in [2.24, 2.45) is 0 Å². The molecule has 0 atom stereocenters. The summed E-state index contributed by atoms with van der Waals surface area (Å²) >= 11 is 0. The van der Waals surface area contributed by atoms with Gasteiger partial charge in [-0.05, 0) is 50.3 Å². The Hall–Kier alpha value is -4.41. The third-order valence-electron chi connectivity index (χ3n) is 8.40. The number of rotatable bonds is 10. The number of aryl methyl sites for hydroxylation is 1. The van der Waals surface area contributed by atoms with Gasteiger partial charge in [0, 0.05) is 69.9 Å². The predicted molar refractivity (Wildman–Crippen MR) is 161 cm³/mol. The number of nitrogens with zero attached hydrogens (tertiary/aromatic N) is 4. The van der Waals surface area contributed by atoms with Crippen molar-refractivity contribution in [3.8, 4) is 0 Å². The molecule has 2 N–H and O–H groups in total. The number of nitrogens with one attached hydrogen (secondary N) is 2. The van der Waals surface area contributed by atoms with E-state index in [4.69, 9.17) is 4.42 Å². The van der Waals surface area contributed by atoms with E-state index in [1.165, 1.54) is 29.6 Å². The Morgan fingerprint density at radius 1 is 1.02 bits per heavy atom. The zero-order chi connectivity index (χ0) is 29.9. The van der Waals surface area contributed by atoms with Crippen molar-refractivity contribution in [2.75, 3.05) is 60.9 Å². The van der Waals surface area contributed by atoms with Crippen LogP contribution in [0.4, 0.5) is 21.5 Å². The lowest BCUT2D eigenvalue weighted by atomic mass is 10.1. The van der Waals surface area contributed by atoms with Gasteiger partial charge in [-0.2, -0.15) is 0 Å². The van der Waals surface area contributed by atoms with Gasteiger partial charge < -0.3 is 29.8 Å². The van der Waals surface area contributed by atoms with Crippen LogP contribution in [0, 0.1) is 12.7 Å². The normalized spacial score (nSPS) is 17.0. The van der Waals surface area contributed by atoms with Gasteiger partial charge in [0.05, 0.1) is 16.9 Å². The van der Waals surface area contributed by atoms with Crippen molar-refractivity contribution in [3.63, 3.8) is 0 Å². The van der Waals surface area contributed by atoms with E-state index >= 15 is 4.39 Å². The van der Waals surface area contributed by atoms with Gasteiger partial charge >= 0.3 is 0 Å². The van der Waals surface area contributed by atoms with E-state index in [1.54, 1.807) is 4.90 Å². The molecule has 11 heteroatoms. The summed E-state index contributed by atoms with van der Waals surface area (Å²) in [5, 5.41) is 5.64. The molecule has 0 spiro atoms. The summed E-state index contributed by atoms with van der Waals surface area (Å²) in [7, 11) is 0. The number of halogens is 1. The number of carbonyl (C=O) groups is 3. The molecule has 2 saturated heterocycles. The standard InChI is InChI=1S/C32H37FN6O4/c1-21-6-2-3-7-27(21)37-14-16-38(17-15-37)28-19-24(33)23(30(41)34-11-5-13-39-12-4-8-29(39)40)18-25(28)35-31(42)26-20-43-32(36-26)22-9-10-22/h2-3,6-7,18-20,22H,4-5,8-17H2,1H3,(H,34,41)(H,35,42). The van der Waals surface area contributed by atoms with E-state index in [0.29, 0.717) is 56.3 Å². The number of hydrogen-bond acceptors (Lipinski definition) is 7. The number of oxazole rings is 1. The van der Waals surface area contributed by atoms with Crippen LogP contribution in [0.2, 0.25) is 0 Å². The highest BCUT2D eigenvalue weighted by Crippen LogP contribution is 2.39. The molecule has 3 amide bonds. The van der Waals surface area contributed by atoms with E-state index in [0.717, 1.165) is 38.9 Å². The molecule has 0 unspecified atom stereocenters. The quantitative estimate of drug-likeness (QED) is 0.340. The van der Waals surface area contributed by atoms with E-state index in [9.17, 15) is 14.4 Å². The van der Waals surface area contributed by atoms with Gasteiger partial charge in [0.2, 0.25) is 5.91 Å². The Morgan fingerprint density at radius 3 is 2.47 bits per heavy atom. The first-order valence-corrected chi connectivity index (χ1v) is 15.1. The molecular weight excluding hydrogens is 551 g/mol. The molecule has 10 nitrogen and oxygen atoms in total. The molecule has 1 aromatic heterocycles.